The summed E-state index contributed by atoms with van der Waals surface area (Å²) in [6.07, 6.45) is 0.924. The van der Waals surface area contributed by atoms with Crippen LogP contribution < -0.4 is 5.32 Å². The van der Waals surface area contributed by atoms with E-state index in [4.69, 9.17) is 0 Å². The van der Waals surface area contributed by atoms with Gasteiger partial charge in [-0.25, -0.2) is 9.97 Å². The molecule has 1 aromatic heterocycles. The van der Waals surface area contributed by atoms with Crippen LogP contribution in [0.4, 0.5) is 0 Å². The molecule has 0 saturated carbocycles. The molecule has 0 atom stereocenters. The van der Waals surface area contributed by atoms with Crippen LogP contribution in [0, 0.1) is 0 Å². The average molecular weight is 191 g/mol. The van der Waals surface area contributed by atoms with Gasteiger partial charge in [0.1, 0.15) is 5.82 Å². The van der Waals surface area contributed by atoms with E-state index < -0.39 is 0 Å². The Morgan fingerprint density at radius 3 is 2.71 bits per heavy atom. The average Bonchev–Trinajstić information content (AvgIpc) is 2.63. The first kappa shape index (κ1) is 9.59. The lowest BCUT2D eigenvalue weighted by Gasteiger charge is -2.11. The summed E-state index contributed by atoms with van der Waals surface area (Å²) in [6.45, 7) is 8.34. The van der Waals surface area contributed by atoms with Crippen molar-refractivity contribution in [2.45, 2.75) is 46.2 Å². The Morgan fingerprint density at radius 2 is 2.07 bits per heavy atom. The van der Waals surface area contributed by atoms with E-state index in [1.807, 2.05) is 0 Å². The lowest BCUT2D eigenvalue weighted by atomic mass is 10.0. The molecule has 1 aliphatic heterocycles. The molecule has 0 saturated heterocycles. The molecule has 0 fully saturated rings. The first-order valence-electron chi connectivity index (χ1n) is 5.31. The van der Waals surface area contributed by atoms with E-state index in [0.717, 1.165) is 25.3 Å². The van der Waals surface area contributed by atoms with Crippen molar-refractivity contribution >= 4 is 0 Å². The molecule has 0 aromatic carbocycles. The van der Waals surface area contributed by atoms with Crippen molar-refractivity contribution in [2.75, 3.05) is 0 Å². The summed E-state index contributed by atoms with van der Waals surface area (Å²) in [6, 6.07) is 0. The zero-order valence-corrected chi connectivity index (χ0v) is 9.09. The molecule has 1 aliphatic rings. The fraction of sp³-hybridized carbons (Fsp3) is 0.636. The number of fused-ring (bicyclic) bond motifs is 1. The van der Waals surface area contributed by atoms with Crippen molar-refractivity contribution in [1.82, 2.24) is 15.3 Å². The molecule has 1 aromatic rings. The van der Waals surface area contributed by atoms with Crippen molar-refractivity contribution in [3.63, 3.8) is 0 Å². The second kappa shape index (κ2) is 3.65. The van der Waals surface area contributed by atoms with Gasteiger partial charge in [0.2, 0.25) is 0 Å². The van der Waals surface area contributed by atoms with Gasteiger partial charge >= 0.3 is 0 Å². The fourth-order valence-electron chi connectivity index (χ4n) is 1.88. The van der Waals surface area contributed by atoms with E-state index in [9.17, 15) is 0 Å². The minimum absolute atomic E-state index is 0.497. The highest BCUT2D eigenvalue weighted by Gasteiger charge is 2.19. The van der Waals surface area contributed by atoms with Crippen LogP contribution >= 0.6 is 0 Å². The Labute approximate surface area is 85.0 Å². The molecule has 3 nitrogen and oxygen atoms in total. The van der Waals surface area contributed by atoms with Gasteiger partial charge < -0.3 is 5.32 Å². The molecule has 0 radical (unpaired) electrons. The van der Waals surface area contributed by atoms with E-state index in [0.29, 0.717) is 5.92 Å². The molecular weight excluding hydrogens is 174 g/mol. The summed E-state index contributed by atoms with van der Waals surface area (Å²) < 4.78 is 0. The minimum atomic E-state index is 0.497. The Kier molecular flexibility index (Phi) is 2.50. The molecule has 0 amide bonds. The highest BCUT2D eigenvalue weighted by atomic mass is 15.0. The number of nitrogens with one attached hydrogen (secondary N) is 1. The van der Waals surface area contributed by atoms with E-state index in [1.165, 1.54) is 17.0 Å². The molecule has 2 heterocycles. The van der Waals surface area contributed by atoms with Gasteiger partial charge in [-0.2, -0.15) is 0 Å². The first-order chi connectivity index (χ1) is 6.72. The first-order valence-corrected chi connectivity index (χ1v) is 5.31. The molecule has 0 bridgehead atoms. The van der Waals surface area contributed by atoms with Gasteiger partial charge in [0, 0.05) is 25.1 Å². The molecule has 0 unspecified atom stereocenters. The number of nitrogens with zero attached hydrogens (tertiary/aromatic N) is 2. The van der Waals surface area contributed by atoms with Gasteiger partial charge in [0.05, 0.1) is 11.4 Å². The van der Waals surface area contributed by atoms with Crippen LogP contribution in [0.3, 0.4) is 0 Å². The van der Waals surface area contributed by atoms with Crippen LogP contribution in [-0.2, 0) is 19.5 Å². The number of aromatic nitrogens is 2. The van der Waals surface area contributed by atoms with Crippen LogP contribution in [-0.4, -0.2) is 9.97 Å². The zero-order valence-electron chi connectivity index (χ0n) is 9.09. The van der Waals surface area contributed by atoms with Crippen LogP contribution in [0.25, 0.3) is 0 Å². The van der Waals surface area contributed by atoms with E-state index >= 15 is 0 Å². The summed E-state index contributed by atoms with van der Waals surface area (Å²) in [4.78, 5) is 9.15. The standard InChI is InChI=1S/C11H17N3/c1-4-10-13-9-6-12-5-8(9)11(14-10)7(2)3/h7,12H,4-6H2,1-3H3. The number of rotatable bonds is 2. The molecule has 0 aliphatic carbocycles. The lowest BCUT2D eigenvalue weighted by molar-refractivity contribution is 0.745. The highest BCUT2D eigenvalue weighted by molar-refractivity contribution is 5.31. The number of hydrogen-bond acceptors (Lipinski definition) is 3. The summed E-state index contributed by atoms with van der Waals surface area (Å²) in [7, 11) is 0. The van der Waals surface area contributed by atoms with Crippen molar-refractivity contribution in [1.29, 1.82) is 0 Å². The minimum Gasteiger partial charge on any atom is -0.307 e. The van der Waals surface area contributed by atoms with Crippen LogP contribution in [0.15, 0.2) is 0 Å². The third-order valence-corrected chi connectivity index (χ3v) is 2.63. The summed E-state index contributed by atoms with van der Waals surface area (Å²) in [5.74, 6) is 1.48. The van der Waals surface area contributed by atoms with Crippen molar-refractivity contribution in [2.24, 2.45) is 0 Å². The van der Waals surface area contributed by atoms with E-state index in [1.54, 1.807) is 0 Å². The lowest BCUT2D eigenvalue weighted by Crippen LogP contribution is -2.06. The van der Waals surface area contributed by atoms with E-state index in [-0.39, 0.29) is 0 Å². The molecule has 3 heteroatoms. The zero-order chi connectivity index (χ0) is 10.1. The summed E-state index contributed by atoms with van der Waals surface area (Å²) in [5, 5.41) is 3.33. The Bertz CT molecular complexity index is 345. The van der Waals surface area contributed by atoms with Gasteiger partial charge in [-0.1, -0.05) is 20.8 Å². The third kappa shape index (κ3) is 1.52. The molecule has 1 N–H and O–H groups in total. The number of hydrogen-bond donors (Lipinski definition) is 1. The second-order valence-corrected chi connectivity index (χ2v) is 4.06. The van der Waals surface area contributed by atoms with Crippen molar-refractivity contribution in [3.05, 3.63) is 22.8 Å². The van der Waals surface area contributed by atoms with Gasteiger partial charge in [-0.05, 0) is 5.92 Å². The van der Waals surface area contributed by atoms with Crippen LogP contribution in [0.5, 0.6) is 0 Å². The Hall–Kier alpha value is -0.960. The SMILES string of the molecule is CCc1nc2c(c(C(C)C)n1)CNC2. The summed E-state index contributed by atoms with van der Waals surface area (Å²) in [5.41, 5.74) is 3.77. The Morgan fingerprint density at radius 1 is 1.29 bits per heavy atom. The quantitative estimate of drug-likeness (QED) is 0.774. The second-order valence-electron chi connectivity index (χ2n) is 4.06. The monoisotopic (exact) mass is 191 g/mol. The van der Waals surface area contributed by atoms with Crippen molar-refractivity contribution in [3.8, 4) is 0 Å². The predicted molar refractivity (Wildman–Crippen MR) is 56.0 cm³/mol. The van der Waals surface area contributed by atoms with E-state index in [2.05, 4.69) is 36.1 Å². The van der Waals surface area contributed by atoms with Crippen LogP contribution in [0.2, 0.25) is 0 Å². The highest BCUT2D eigenvalue weighted by Crippen LogP contribution is 2.23. The van der Waals surface area contributed by atoms with Crippen LogP contribution in [0.1, 0.15) is 49.5 Å². The maximum atomic E-state index is 4.61. The predicted octanol–water partition coefficient (Wildman–Crippen LogP) is 1.77. The third-order valence-electron chi connectivity index (χ3n) is 2.63. The fourth-order valence-corrected chi connectivity index (χ4v) is 1.88. The van der Waals surface area contributed by atoms with Gasteiger partial charge in [0.15, 0.2) is 0 Å². The maximum Gasteiger partial charge on any atom is 0.128 e. The molecule has 14 heavy (non-hydrogen) atoms. The maximum absolute atomic E-state index is 4.61. The largest absolute Gasteiger partial charge is 0.307 e. The van der Waals surface area contributed by atoms with Gasteiger partial charge in [-0.3, -0.25) is 0 Å². The molecular formula is C11H17N3. The molecule has 0 spiro atoms. The topological polar surface area (TPSA) is 37.8 Å². The number of aryl methyl sites for hydroxylation is 1. The van der Waals surface area contributed by atoms with Crippen molar-refractivity contribution < 1.29 is 0 Å². The normalized spacial score (nSPS) is 14.9. The smallest absolute Gasteiger partial charge is 0.128 e. The molecule has 2 rings (SSSR count). The Balaban J connectivity index is 2.52. The summed E-state index contributed by atoms with van der Waals surface area (Å²) >= 11 is 0. The van der Waals surface area contributed by atoms with Gasteiger partial charge in [-0.15, -0.1) is 0 Å². The molecule has 76 valence electrons. The van der Waals surface area contributed by atoms with Gasteiger partial charge in [0.25, 0.3) is 0 Å².